The number of aliphatic carboxylic acids is 1. The lowest BCUT2D eigenvalue weighted by Crippen LogP contribution is -2.38. The molecule has 0 aromatic rings. The molecule has 0 amide bonds. The zero-order valence-corrected chi connectivity index (χ0v) is 12.3. The van der Waals surface area contributed by atoms with Gasteiger partial charge in [0.05, 0.1) is 6.10 Å². The van der Waals surface area contributed by atoms with Crippen molar-refractivity contribution in [2.75, 3.05) is 0 Å². The second-order valence-electron chi connectivity index (χ2n) is 5.51. The van der Waals surface area contributed by atoms with Gasteiger partial charge in [-0.25, -0.2) is 4.79 Å². The van der Waals surface area contributed by atoms with Crippen molar-refractivity contribution in [3.8, 4) is 0 Å². The average Bonchev–Trinajstić information content (AvgIpc) is 2.39. The smallest absolute Gasteiger partial charge is 0.335 e. The summed E-state index contributed by atoms with van der Waals surface area (Å²) in [6, 6.07) is 0. The molecule has 114 valence electrons. The van der Waals surface area contributed by atoms with Crippen molar-refractivity contribution >= 4 is 5.97 Å². The topological polar surface area (TPSA) is 77.8 Å². The van der Waals surface area contributed by atoms with Crippen molar-refractivity contribution < 1.29 is 20.1 Å². The van der Waals surface area contributed by atoms with Gasteiger partial charge in [0.1, 0.15) is 0 Å². The molecule has 0 aromatic carbocycles. The first-order valence-electron chi connectivity index (χ1n) is 7.59. The molecule has 3 atom stereocenters. The van der Waals surface area contributed by atoms with Crippen LogP contribution in [0.5, 0.6) is 0 Å². The Hall–Kier alpha value is -0.610. The Morgan fingerprint density at radius 2 is 1.42 bits per heavy atom. The average molecular weight is 274 g/mol. The standard InChI is InChI=1S/C15H30O4/c1-3-4-5-6-7-8-9-10-11-12(2)13(16)14(17)15(18)19/h12-14,16-17H,3-11H2,1-2H3,(H,18,19)/t12-,13+,14-/m1/s1. The first kappa shape index (κ1) is 18.4. The first-order chi connectivity index (χ1) is 9.00. The fourth-order valence-corrected chi connectivity index (χ4v) is 2.23. The van der Waals surface area contributed by atoms with Gasteiger partial charge in [0.2, 0.25) is 0 Å². The summed E-state index contributed by atoms with van der Waals surface area (Å²) in [4.78, 5) is 10.5. The minimum atomic E-state index is -1.66. The second kappa shape index (κ2) is 11.2. The molecule has 0 radical (unpaired) electrons. The molecule has 0 saturated heterocycles. The molecule has 0 aliphatic heterocycles. The lowest BCUT2D eigenvalue weighted by Gasteiger charge is -2.21. The van der Waals surface area contributed by atoms with Gasteiger partial charge in [-0.3, -0.25) is 0 Å². The van der Waals surface area contributed by atoms with Gasteiger partial charge in [-0.1, -0.05) is 65.2 Å². The van der Waals surface area contributed by atoms with Crippen LogP contribution >= 0.6 is 0 Å². The number of unbranched alkanes of at least 4 members (excludes halogenated alkanes) is 7. The molecule has 0 saturated carbocycles. The summed E-state index contributed by atoms with van der Waals surface area (Å²) in [5, 5.41) is 27.5. The van der Waals surface area contributed by atoms with Crippen molar-refractivity contribution in [3.63, 3.8) is 0 Å². The molecule has 0 bridgehead atoms. The molecule has 0 fully saturated rings. The van der Waals surface area contributed by atoms with Crippen LogP contribution in [0.1, 0.15) is 71.6 Å². The van der Waals surface area contributed by atoms with Crippen LogP contribution in [0.4, 0.5) is 0 Å². The maximum Gasteiger partial charge on any atom is 0.335 e. The Kier molecular flexibility index (Phi) is 10.9. The van der Waals surface area contributed by atoms with E-state index in [2.05, 4.69) is 6.92 Å². The highest BCUT2D eigenvalue weighted by molar-refractivity contribution is 5.72. The third-order valence-electron chi connectivity index (χ3n) is 3.67. The summed E-state index contributed by atoms with van der Waals surface area (Å²) in [6.07, 6.45) is 7.69. The fraction of sp³-hybridized carbons (Fsp3) is 0.933. The van der Waals surface area contributed by atoms with E-state index in [0.29, 0.717) is 0 Å². The van der Waals surface area contributed by atoms with Crippen LogP contribution in [0.25, 0.3) is 0 Å². The van der Waals surface area contributed by atoms with Crippen molar-refractivity contribution in [3.05, 3.63) is 0 Å². The molecule has 3 N–H and O–H groups in total. The maximum absolute atomic E-state index is 10.5. The highest BCUT2D eigenvalue weighted by atomic mass is 16.4. The van der Waals surface area contributed by atoms with Crippen LogP contribution in [0.2, 0.25) is 0 Å². The number of aliphatic hydroxyl groups is 2. The monoisotopic (exact) mass is 274 g/mol. The van der Waals surface area contributed by atoms with Gasteiger partial charge in [0.25, 0.3) is 0 Å². The van der Waals surface area contributed by atoms with E-state index in [1.807, 2.05) is 0 Å². The summed E-state index contributed by atoms with van der Waals surface area (Å²) in [6.45, 7) is 4.00. The zero-order chi connectivity index (χ0) is 14.7. The molecule has 0 unspecified atom stereocenters. The molecule has 0 heterocycles. The van der Waals surface area contributed by atoms with E-state index in [1.165, 1.54) is 38.5 Å². The van der Waals surface area contributed by atoms with Gasteiger partial charge in [-0.15, -0.1) is 0 Å². The van der Waals surface area contributed by atoms with E-state index in [0.717, 1.165) is 19.3 Å². The molecule has 0 rings (SSSR count). The highest BCUT2D eigenvalue weighted by Crippen LogP contribution is 2.17. The van der Waals surface area contributed by atoms with Crippen LogP contribution in [-0.4, -0.2) is 33.5 Å². The number of aliphatic hydroxyl groups excluding tert-OH is 2. The summed E-state index contributed by atoms with van der Waals surface area (Å²) < 4.78 is 0. The Morgan fingerprint density at radius 3 is 1.89 bits per heavy atom. The third kappa shape index (κ3) is 9.00. The van der Waals surface area contributed by atoms with Gasteiger partial charge in [-0.05, 0) is 12.3 Å². The molecule has 19 heavy (non-hydrogen) atoms. The van der Waals surface area contributed by atoms with Crippen LogP contribution in [0, 0.1) is 5.92 Å². The summed E-state index contributed by atoms with van der Waals surface area (Å²) >= 11 is 0. The van der Waals surface area contributed by atoms with Crippen molar-refractivity contribution in [2.45, 2.75) is 83.8 Å². The Bertz CT molecular complexity index is 230. The number of carboxylic acids is 1. The minimum absolute atomic E-state index is 0.175. The van der Waals surface area contributed by atoms with Gasteiger partial charge >= 0.3 is 5.97 Å². The van der Waals surface area contributed by atoms with Crippen LogP contribution < -0.4 is 0 Å². The molecule has 0 spiro atoms. The molecular formula is C15H30O4. The van der Waals surface area contributed by atoms with Gasteiger partial charge in [0.15, 0.2) is 6.10 Å². The van der Waals surface area contributed by atoms with Crippen molar-refractivity contribution in [2.24, 2.45) is 5.92 Å². The van der Waals surface area contributed by atoms with Gasteiger partial charge < -0.3 is 15.3 Å². The van der Waals surface area contributed by atoms with E-state index in [-0.39, 0.29) is 5.92 Å². The lowest BCUT2D eigenvalue weighted by atomic mass is 9.93. The lowest BCUT2D eigenvalue weighted by molar-refractivity contribution is -0.154. The molecule has 4 heteroatoms. The predicted molar refractivity (Wildman–Crippen MR) is 76.0 cm³/mol. The predicted octanol–water partition coefficient (Wildman–Crippen LogP) is 2.96. The van der Waals surface area contributed by atoms with E-state index in [4.69, 9.17) is 5.11 Å². The van der Waals surface area contributed by atoms with Crippen LogP contribution in [0.3, 0.4) is 0 Å². The molecule has 4 nitrogen and oxygen atoms in total. The zero-order valence-electron chi connectivity index (χ0n) is 12.3. The van der Waals surface area contributed by atoms with Gasteiger partial charge in [-0.2, -0.15) is 0 Å². The number of carboxylic acid groups (broad SMARTS) is 1. The summed E-state index contributed by atoms with van der Waals surface area (Å²) in [5.41, 5.74) is 0. The van der Waals surface area contributed by atoms with Crippen molar-refractivity contribution in [1.82, 2.24) is 0 Å². The fourth-order valence-electron chi connectivity index (χ4n) is 2.23. The molecule has 0 aliphatic rings. The largest absolute Gasteiger partial charge is 0.479 e. The molecular weight excluding hydrogens is 244 g/mol. The quantitative estimate of drug-likeness (QED) is 0.478. The molecule has 0 aromatic heterocycles. The van der Waals surface area contributed by atoms with Crippen LogP contribution in [0.15, 0.2) is 0 Å². The highest BCUT2D eigenvalue weighted by Gasteiger charge is 2.27. The first-order valence-corrected chi connectivity index (χ1v) is 7.59. The Morgan fingerprint density at radius 1 is 0.947 bits per heavy atom. The van der Waals surface area contributed by atoms with E-state index >= 15 is 0 Å². The SMILES string of the molecule is CCCCCCCCCC[C@@H](C)[C@H](O)[C@@H](O)C(=O)O. The Balaban J connectivity index is 3.52. The van der Waals surface area contributed by atoms with Crippen LogP contribution in [-0.2, 0) is 4.79 Å². The summed E-state index contributed by atoms with van der Waals surface area (Å²) in [7, 11) is 0. The number of rotatable bonds is 12. The third-order valence-corrected chi connectivity index (χ3v) is 3.67. The molecule has 0 aliphatic carbocycles. The second-order valence-corrected chi connectivity index (χ2v) is 5.51. The van der Waals surface area contributed by atoms with E-state index in [9.17, 15) is 15.0 Å². The number of hydrogen-bond donors (Lipinski definition) is 3. The number of carbonyl (C=O) groups is 1. The van der Waals surface area contributed by atoms with Gasteiger partial charge in [0, 0.05) is 0 Å². The Labute approximate surface area is 116 Å². The van der Waals surface area contributed by atoms with Crippen molar-refractivity contribution in [1.29, 1.82) is 0 Å². The normalized spacial score (nSPS) is 16.0. The number of hydrogen-bond acceptors (Lipinski definition) is 3. The summed E-state index contributed by atoms with van der Waals surface area (Å²) in [5.74, 6) is -1.53. The van der Waals surface area contributed by atoms with E-state index < -0.39 is 18.2 Å². The minimum Gasteiger partial charge on any atom is -0.479 e. The maximum atomic E-state index is 10.5. The van der Waals surface area contributed by atoms with E-state index in [1.54, 1.807) is 6.92 Å².